The van der Waals surface area contributed by atoms with E-state index in [-0.39, 0.29) is 18.0 Å². The molecule has 2 N–H and O–H groups in total. The lowest BCUT2D eigenvalue weighted by Gasteiger charge is -2.04. The Bertz CT molecular complexity index is 650. The molecule has 0 aliphatic carbocycles. The average Bonchev–Trinajstić information content (AvgIpc) is 2.76. The van der Waals surface area contributed by atoms with Gasteiger partial charge in [0.2, 0.25) is 0 Å². The van der Waals surface area contributed by atoms with E-state index in [9.17, 15) is 9.59 Å². The Labute approximate surface area is 136 Å². The average molecular weight is 419 g/mol. The zero-order valence-corrected chi connectivity index (χ0v) is 14.0. The first-order valence-electron chi connectivity index (χ1n) is 5.52. The van der Waals surface area contributed by atoms with Gasteiger partial charge in [-0.2, -0.15) is 0 Å². The molecule has 1 aromatic heterocycles. The Morgan fingerprint density at radius 1 is 1.25 bits per heavy atom. The highest BCUT2D eigenvalue weighted by Crippen LogP contribution is 2.32. The minimum atomic E-state index is -0.982. The van der Waals surface area contributed by atoms with Gasteiger partial charge in [-0.3, -0.25) is 4.79 Å². The molecule has 0 fully saturated rings. The summed E-state index contributed by atoms with van der Waals surface area (Å²) in [6.07, 6.45) is 0. The minimum absolute atomic E-state index is 0.192. The van der Waals surface area contributed by atoms with Gasteiger partial charge in [0, 0.05) is 11.0 Å². The highest BCUT2D eigenvalue weighted by Gasteiger charge is 2.12. The summed E-state index contributed by atoms with van der Waals surface area (Å²) in [4.78, 5) is 23.4. The highest BCUT2D eigenvalue weighted by atomic mass is 79.9. The number of carboxylic acid groups (broad SMARTS) is 1. The third kappa shape index (κ3) is 3.68. The predicted octanol–water partition coefficient (Wildman–Crippen LogP) is 3.90. The number of amides is 1. The molecule has 0 saturated carbocycles. The molecule has 0 radical (unpaired) electrons. The summed E-state index contributed by atoms with van der Waals surface area (Å²) in [7, 11) is 0. The first-order chi connectivity index (χ1) is 9.47. The van der Waals surface area contributed by atoms with E-state index in [1.807, 2.05) is 0 Å². The van der Waals surface area contributed by atoms with Crippen molar-refractivity contribution in [3.8, 4) is 0 Å². The first-order valence-corrected chi connectivity index (χ1v) is 7.93. The minimum Gasteiger partial charge on any atom is -0.478 e. The quantitative estimate of drug-likeness (QED) is 0.791. The van der Waals surface area contributed by atoms with E-state index < -0.39 is 5.97 Å². The van der Waals surface area contributed by atoms with Crippen LogP contribution in [0.25, 0.3) is 0 Å². The van der Waals surface area contributed by atoms with Crippen molar-refractivity contribution >= 4 is 55.1 Å². The molecule has 0 spiro atoms. The number of nitrogens with one attached hydrogen (secondary N) is 1. The maximum absolute atomic E-state index is 11.9. The SMILES string of the molecule is O=C(O)c1cccc(CNC(=O)c2cc(Br)c(Br)s2)c1. The number of carbonyl (C=O) groups is 2. The van der Waals surface area contributed by atoms with Crippen LogP contribution in [0.4, 0.5) is 0 Å². The van der Waals surface area contributed by atoms with Crippen LogP contribution in [0.15, 0.2) is 38.6 Å². The lowest BCUT2D eigenvalue weighted by Crippen LogP contribution is -2.21. The van der Waals surface area contributed by atoms with Gasteiger partial charge in [-0.1, -0.05) is 12.1 Å². The molecule has 1 heterocycles. The largest absolute Gasteiger partial charge is 0.478 e. The van der Waals surface area contributed by atoms with E-state index in [1.165, 1.54) is 17.4 Å². The van der Waals surface area contributed by atoms with Gasteiger partial charge < -0.3 is 10.4 Å². The Balaban J connectivity index is 2.03. The Hall–Kier alpha value is -1.18. The van der Waals surface area contributed by atoms with Crippen LogP contribution < -0.4 is 5.32 Å². The summed E-state index contributed by atoms with van der Waals surface area (Å²) < 4.78 is 1.69. The topological polar surface area (TPSA) is 66.4 Å². The number of thiophene rings is 1. The molecular weight excluding hydrogens is 410 g/mol. The zero-order valence-electron chi connectivity index (χ0n) is 10.0. The normalized spacial score (nSPS) is 10.3. The summed E-state index contributed by atoms with van der Waals surface area (Å²) >= 11 is 7.99. The monoisotopic (exact) mass is 417 g/mol. The first kappa shape index (κ1) is 15.2. The van der Waals surface area contributed by atoms with Gasteiger partial charge in [0.1, 0.15) is 0 Å². The van der Waals surface area contributed by atoms with Crippen LogP contribution >= 0.6 is 43.2 Å². The highest BCUT2D eigenvalue weighted by molar-refractivity contribution is 9.13. The van der Waals surface area contributed by atoms with Crippen LogP contribution in [0, 0.1) is 0 Å². The Morgan fingerprint density at radius 2 is 2.00 bits per heavy atom. The van der Waals surface area contributed by atoms with Crippen molar-refractivity contribution in [2.75, 3.05) is 0 Å². The lowest BCUT2D eigenvalue weighted by molar-refractivity contribution is 0.0696. The number of hydrogen-bond donors (Lipinski definition) is 2. The van der Waals surface area contributed by atoms with Crippen LogP contribution in [0.5, 0.6) is 0 Å². The van der Waals surface area contributed by atoms with Crippen LogP contribution in [0.2, 0.25) is 0 Å². The molecule has 20 heavy (non-hydrogen) atoms. The number of carbonyl (C=O) groups excluding carboxylic acids is 1. The van der Waals surface area contributed by atoms with Gasteiger partial charge in [0.05, 0.1) is 14.2 Å². The third-order valence-electron chi connectivity index (χ3n) is 2.50. The van der Waals surface area contributed by atoms with Gasteiger partial charge in [0.25, 0.3) is 5.91 Å². The number of carboxylic acids is 1. The molecule has 0 aliphatic heterocycles. The number of hydrogen-bond acceptors (Lipinski definition) is 3. The molecule has 2 rings (SSSR count). The predicted molar refractivity (Wildman–Crippen MR) is 84.3 cm³/mol. The second-order valence-corrected chi connectivity index (χ2v) is 7.14. The molecule has 1 amide bonds. The van der Waals surface area contributed by atoms with E-state index in [1.54, 1.807) is 24.3 Å². The van der Waals surface area contributed by atoms with Crippen LogP contribution in [0.1, 0.15) is 25.6 Å². The zero-order chi connectivity index (χ0) is 14.7. The molecule has 0 saturated heterocycles. The van der Waals surface area contributed by atoms with Crippen molar-refractivity contribution in [2.45, 2.75) is 6.54 Å². The van der Waals surface area contributed by atoms with Crippen molar-refractivity contribution in [2.24, 2.45) is 0 Å². The van der Waals surface area contributed by atoms with Gasteiger partial charge >= 0.3 is 5.97 Å². The van der Waals surface area contributed by atoms with Crippen molar-refractivity contribution in [3.63, 3.8) is 0 Å². The fraction of sp³-hybridized carbons (Fsp3) is 0.0769. The summed E-state index contributed by atoms with van der Waals surface area (Å²) in [5, 5.41) is 11.7. The van der Waals surface area contributed by atoms with E-state index in [4.69, 9.17) is 5.11 Å². The molecule has 7 heteroatoms. The van der Waals surface area contributed by atoms with Crippen molar-refractivity contribution in [1.82, 2.24) is 5.32 Å². The van der Waals surface area contributed by atoms with E-state index >= 15 is 0 Å². The molecule has 104 valence electrons. The molecule has 4 nitrogen and oxygen atoms in total. The molecule has 0 atom stereocenters. The van der Waals surface area contributed by atoms with Gasteiger partial charge in [-0.15, -0.1) is 11.3 Å². The van der Waals surface area contributed by atoms with Crippen molar-refractivity contribution < 1.29 is 14.7 Å². The van der Waals surface area contributed by atoms with Crippen LogP contribution in [-0.4, -0.2) is 17.0 Å². The lowest BCUT2D eigenvalue weighted by atomic mass is 10.1. The summed E-state index contributed by atoms with van der Waals surface area (Å²) in [5.41, 5.74) is 0.950. The van der Waals surface area contributed by atoms with Crippen LogP contribution in [0.3, 0.4) is 0 Å². The maximum atomic E-state index is 11.9. The van der Waals surface area contributed by atoms with Crippen molar-refractivity contribution in [1.29, 1.82) is 0 Å². The Kier molecular flexibility index (Phi) is 4.95. The third-order valence-corrected chi connectivity index (χ3v) is 5.75. The standard InChI is InChI=1S/C13H9Br2NO3S/c14-9-5-10(20-11(9)15)12(17)16-6-7-2-1-3-8(4-7)13(18)19/h1-5H,6H2,(H,16,17)(H,18,19). The summed E-state index contributed by atoms with van der Waals surface area (Å²) in [5.74, 6) is -1.17. The van der Waals surface area contributed by atoms with Crippen LogP contribution in [-0.2, 0) is 6.54 Å². The fourth-order valence-corrected chi connectivity index (χ4v) is 3.49. The number of rotatable bonds is 4. The molecule has 2 aromatic rings. The second-order valence-electron chi connectivity index (χ2n) is 3.92. The summed E-state index contributed by atoms with van der Waals surface area (Å²) in [6.45, 7) is 0.285. The van der Waals surface area contributed by atoms with E-state index in [0.717, 1.165) is 13.8 Å². The number of aromatic carboxylic acids is 1. The van der Waals surface area contributed by atoms with Crippen molar-refractivity contribution in [3.05, 3.63) is 54.6 Å². The maximum Gasteiger partial charge on any atom is 0.335 e. The van der Waals surface area contributed by atoms with Gasteiger partial charge in [-0.05, 0) is 55.6 Å². The number of halogens is 2. The molecule has 0 aliphatic rings. The molecular formula is C13H9Br2NO3S. The Morgan fingerprint density at radius 3 is 2.60 bits per heavy atom. The van der Waals surface area contributed by atoms with E-state index in [0.29, 0.717) is 4.88 Å². The van der Waals surface area contributed by atoms with E-state index in [2.05, 4.69) is 37.2 Å². The second kappa shape index (κ2) is 6.51. The fourth-order valence-electron chi connectivity index (χ4n) is 1.54. The molecule has 0 bridgehead atoms. The van der Waals surface area contributed by atoms with Gasteiger partial charge in [-0.25, -0.2) is 4.79 Å². The number of benzene rings is 1. The van der Waals surface area contributed by atoms with Gasteiger partial charge in [0.15, 0.2) is 0 Å². The smallest absolute Gasteiger partial charge is 0.335 e. The summed E-state index contributed by atoms with van der Waals surface area (Å²) in [6, 6.07) is 8.22. The molecule has 0 unspecified atom stereocenters. The molecule has 1 aromatic carbocycles.